The molecule has 1 nitrogen and oxygen atoms in total. The predicted octanol–water partition coefficient (Wildman–Crippen LogP) is 3.24. The second-order valence-corrected chi connectivity index (χ2v) is 5.85. The van der Waals surface area contributed by atoms with E-state index in [1.165, 1.54) is 25.7 Å². The first kappa shape index (κ1) is 9.51. The number of hydrogen-bond donors (Lipinski definition) is 0. The second kappa shape index (κ2) is 3.27. The number of rotatable bonds is 0. The minimum atomic E-state index is 0.504. The Kier molecular flexibility index (Phi) is 2.39. The van der Waals surface area contributed by atoms with E-state index >= 15 is 0 Å². The summed E-state index contributed by atoms with van der Waals surface area (Å²) < 4.78 is 5.58. The molecule has 0 bridgehead atoms. The van der Waals surface area contributed by atoms with Crippen LogP contribution in [0.15, 0.2) is 0 Å². The molecule has 2 aliphatic rings. The summed E-state index contributed by atoms with van der Waals surface area (Å²) in [5.74, 6) is 1.83. The monoisotopic (exact) mass is 182 g/mol. The van der Waals surface area contributed by atoms with Crippen molar-refractivity contribution in [3.05, 3.63) is 0 Å². The van der Waals surface area contributed by atoms with Crippen LogP contribution in [-0.4, -0.2) is 12.7 Å². The zero-order valence-corrected chi connectivity index (χ0v) is 9.18. The highest BCUT2D eigenvalue weighted by Crippen LogP contribution is 2.42. The van der Waals surface area contributed by atoms with Crippen molar-refractivity contribution in [2.45, 2.75) is 52.6 Å². The predicted molar refractivity (Wildman–Crippen MR) is 54.6 cm³/mol. The van der Waals surface area contributed by atoms with Crippen molar-refractivity contribution in [1.82, 2.24) is 0 Å². The zero-order valence-electron chi connectivity index (χ0n) is 9.18. The summed E-state index contributed by atoms with van der Waals surface area (Å²) in [6, 6.07) is 0. The maximum absolute atomic E-state index is 5.58. The van der Waals surface area contributed by atoms with Gasteiger partial charge in [0.15, 0.2) is 0 Å². The highest BCUT2D eigenvalue weighted by atomic mass is 16.5. The SMILES string of the molecule is CC(C)(C)C1CCC2COC2CC1. The summed E-state index contributed by atoms with van der Waals surface area (Å²) in [5, 5.41) is 0. The largest absolute Gasteiger partial charge is 0.377 e. The van der Waals surface area contributed by atoms with Crippen molar-refractivity contribution in [3.63, 3.8) is 0 Å². The smallest absolute Gasteiger partial charge is 0.0625 e. The molecule has 2 rings (SSSR count). The van der Waals surface area contributed by atoms with E-state index in [1.54, 1.807) is 0 Å². The minimum absolute atomic E-state index is 0.504. The van der Waals surface area contributed by atoms with E-state index in [1.807, 2.05) is 0 Å². The Bertz CT molecular complexity index is 166. The fourth-order valence-corrected chi connectivity index (χ4v) is 2.75. The van der Waals surface area contributed by atoms with Gasteiger partial charge in [-0.2, -0.15) is 0 Å². The standard InChI is InChI=1S/C12H22O/c1-12(2,3)10-5-4-9-8-13-11(9)7-6-10/h9-11H,4-8H2,1-3H3. The van der Waals surface area contributed by atoms with Crippen molar-refractivity contribution in [2.24, 2.45) is 17.3 Å². The fourth-order valence-electron chi connectivity index (χ4n) is 2.75. The van der Waals surface area contributed by atoms with E-state index in [4.69, 9.17) is 4.74 Å². The molecule has 0 radical (unpaired) electrons. The molecule has 1 aliphatic carbocycles. The molecule has 0 aromatic heterocycles. The third-order valence-electron chi connectivity index (χ3n) is 3.96. The Morgan fingerprint density at radius 1 is 1.00 bits per heavy atom. The lowest BCUT2D eigenvalue weighted by Gasteiger charge is -2.35. The average molecular weight is 182 g/mol. The third kappa shape index (κ3) is 1.90. The van der Waals surface area contributed by atoms with E-state index in [9.17, 15) is 0 Å². The molecule has 1 saturated heterocycles. The molecule has 76 valence electrons. The highest BCUT2D eigenvalue weighted by Gasteiger charge is 2.37. The van der Waals surface area contributed by atoms with Gasteiger partial charge in [0.1, 0.15) is 0 Å². The molecule has 0 aromatic rings. The molecule has 0 N–H and O–H groups in total. The van der Waals surface area contributed by atoms with Crippen LogP contribution in [-0.2, 0) is 4.74 Å². The van der Waals surface area contributed by atoms with Gasteiger partial charge < -0.3 is 4.74 Å². The molecular formula is C12H22O. The molecule has 2 fully saturated rings. The van der Waals surface area contributed by atoms with Crippen LogP contribution >= 0.6 is 0 Å². The topological polar surface area (TPSA) is 9.23 Å². The molecule has 1 heterocycles. The van der Waals surface area contributed by atoms with E-state index in [0.717, 1.165) is 18.4 Å². The average Bonchev–Trinajstić information content (AvgIpc) is 2.09. The van der Waals surface area contributed by atoms with E-state index < -0.39 is 0 Å². The molecular weight excluding hydrogens is 160 g/mol. The van der Waals surface area contributed by atoms with Crippen LogP contribution in [0, 0.1) is 17.3 Å². The van der Waals surface area contributed by atoms with Crippen molar-refractivity contribution in [2.75, 3.05) is 6.61 Å². The van der Waals surface area contributed by atoms with Gasteiger partial charge >= 0.3 is 0 Å². The quantitative estimate of drug-likeness (QED) is 0.559. The Hall–Kier alpha value is -0.0400. The molecule has 1 heteroatoms. The molecule has 0 amide bonds. The zero-order chi connectivity index (χ0) is 9.47. The molecule has 3 unspecified atom stereocenters. The van der Waals surface area contributed by atoms with Gasteiger partial charge in [-0.25, -0.2) is 0 Å². The highest BCUT2D eigenvalue weighted by molar-refractivity contribution is 4.86. The summed E-state index contributed by atoms with van der Waals surface area (Å²) in [6.07, 6.45) is 6.16. The van der Waals surface area contributed by atoms with Crippen LogP contribution in [0.1, 0.15) is 46.5 Å². The Morgan fingerprint density at radius 3 is 2.23 bits per heavy atom. The first-order valence-electron chi connectivity index (χ1n) is 5.69. The Balaban J connectivity index is 1.94. The lowest BCUT2D eigenvalue weighted by Crippen LogP contribution is -2.38. The molecule has 3 atom stereocenters. The van der Waals surface area contributed by atoms with E-state index in [2.05, 4.69) is 20.8 Å². The van der Waals surface area contributed by atoms with Gasteiger partial charge in [0, 0.05) is 5.92 Å². The lowest BCUT2D eigenvalue weighted by atomic mass is 9.76. The van der Waals surface area contributed by atoms with Gasteiger partial charge in [0.05, 0.1) is 12.7 Å². The molecule has 0 spiro atoms. The van der Waals surface area contributed by atoms with Crippen molar-refractivity contribution >= 4 is 0 Å². The summed E-state index contributed by atoms with van der Waals surface area (Å²) in [4.78, 5) is 0. The first-order valence-corrected chi connectivity index (χ1v) is 5.69. The normalized spacial score (nSPS) is 40.4. The van der Waals surface area contributed by atoms with Crippen LogP contribution in [0.4, 0.5) is 0 Å². The van der Waals surface area contributed by atoms with Gasteiger partial charge in [-0.1, -0.05) is 20.8 Å². The van der Waals surface area contributed by atoms with Crippen LogP contribution in [0.5, 0.6) is 0 Å². The van der Waals surface area contributed by atoms with Gasteiger partial charge in [-0.3, -0.25) is 0 Å². The molecule has 0 aromatic carbocycles. The van der Waals surface area contributed by atoms with Crippen LogP contribution in [0.2, 0.25) is 0 Å². The van der Waals surface area contributed by atoms with E-state index in [0.29, 0.717) is 11.5 Å². The number of hydrogen-bond acceptors (Lipinski definition) is 1. The van der Waals surface area contributed by atoms with Gasteiger partial charge in [-0.05, 0) is 37.0 Å². The molecule has 1 aliphatic heterocycles. The summed E-state index contributed by atoms with van der Waals surface area (Å²) in [7, 11) is 0. The van der Waals surface area contributed by atoms with E-state index in [-0.39, 0.29) is 0 Å². The van der Waals surface area contributed by atoms with Gasteiger partial charge in [-0.15, -0.1) is 0 Å². The maximum Gasteiger partial charge on any atom is 0.0625 e. The minimum Gasteiger partial charge on any atom is -0.377 e. The lowest BCUT2D eigenvalue weighted by molar-refractivity contribution is -0.116. The summed E-state index contributed by atoms with van der Waals surface area (Å²) in [5.41, 5.74) is 0.504. The maximum atomic E-state index is 5.58. The van der Waals surface area contributed by atoms with Crippen LogP contribution < -0.4 is 0 Å². The van der Waals surface area contributed by atoms with Crippen molar-refractivity contribution in [1.29, 1.82) is 0 Å². The first-order chi connectivity index (χ1) is 6.07. The van der Waals surface area contributed by atoms with Gasteiger partial charge in [0.25, 0.3) is 0 Å². The summed E-state index contributed by atoms with van der Waals surface area (Å²) >= 11 is 0. The molecule has 1 saturated carbocycles. The van der Waals surface area contributed by atoms with Gasteiger partial charge in [0.2, 0.25) is 0 Å². The van der Waals surface area contributed by atoms with Crippen LogP contribution in [0.3, 0.4) is 0 Å². The Labute approximate surface area is 81.9 Å². The van der Waals surface area contributed by atoms with Crippen LogP contribution in [0.25, 0.3) is 0 Å². The van der Waals surface area contributed by atoms with Crippen molar-refractivity contribution < 1.29 is 4.74 Å². The summed E-state index contributed by atoms with van der Waals surface area (Å²) in [6.45, 7) is 8.19. The second-order valence-electron chi connectivity index (χ2n) is 5.85. The fraction of sp³-hybridized carbons (Fsp3) is 1.00. The number of ether oxygens (including phenoxy) is 1. The third-order valence-corrected chi connectivity index (χ3v) is 3.96. The Morgan fingerprint density at radius 2 is 1.69 bits per heavy atom. The number of fused-ring (bicyclic) bond motifs is 1. The van der Waals surface area contributed by atoms with Crippen molar-refractivity contribution in [3.8, 4) is 0 Å². The molecule has 13 heavy (non-hydrogen) atoms.